The Kier molecular flexibility index (Phi) is 5.12. The minimum atomic E-state index is -1.37. The molecular weight excluding hydrogens is 340 g/mol. The standard InChI is InChI=1S/C20H24N4OSi/c1-15(26(2,3)4)25-14-24-20-13-16(21)8-10-18(20)19(23-24)11-9-17-7-5-6-12-22-17/h5-8,10,12-13,15H,14,21H2,1-4H3. The van der Waals surface area contributed by atoms with Crippen LogP contribution in [0.1, 0.15) is 18.3 Å². The average molecular weight is 365 g/mol. The van der Waals surface area contributed by atoms with Crippen LogP contribution in [0.25, 0.3) is 10.9 Å². The summed E-state index contributed by atoms with van der Waals surface area (Å²) in [5, 5.41) is 5.61. The van der Waals surface area contributed by atoms with E-state index in [4.69, 9.17) is 10.5 Å². The van der Waals surface area contributed by atoms with Gasteiger partial charge in [-0.2, -0.15) is 5.10 Å². The number of hydrogen-bond donors (Lipinski definition) is 1. The summed E-state index contributed by atoms with van der Waals surface area (Å²) in [4.78, 5) is 4.23. The van der Waals surface area contributed by atoms with Gasteiger partial charge >= 0.3 is 0 Å². The Labute approximate surface area is 155 Å². The lowest BCUT2D eigenvalue weighted by Crippen LogP contribution is -2.38. The predicted octanol–water partition coefficient (Wildman–Crippen LogP) is 3.65. The van der Waals surface area contributed by atoms with Crippen LogP contribution in [0.3, 0.4) is 0 Å². The first-order valence-corrected chi connectivity index (χ1v) is 12.2. The van der Waals surface area contributed by atoms with Gasteiger partial charge in [-0.15, -0.1) is 0 Å². The van der Waals surface area contributed by atoms with Crippen molar-refractivity contribution in [1.29, 1.82) is 0 Å². The largest absolute Gasteiger partial charge is 0.399 e. The fourth-order valence-electron chi connectivity index (χ4n) is 2.37. The van der Waals surface area contributed by atoms with Crippen molar-refractivity contribution in [2.75, 3.05) is 5.73 Å². The molecule has 0 spiro atoms. The van der Waals surface area contributed by atoms with Crippen LogP contribution in [-0.2, 0) is 11.5 Å². The first-order chi connectivity index (χ1) is 12.3. The van der Waals surface area contributed by atoms with Gasteiger partial charge in [-0.3, -0.25) is 0 Å². The number of rotatable bonds is 4. The number of aromatic nitrogens is 3. The number of pyridine rings is 1. The second kappa shape index (κ2) is 7.32. The molecule has 3 rings (SSSR count). The molecule has 6 heteroatoms. The summed E-state index contributed by atoms with van der Waals surface area (Å²) in [7, 11) is -1.37. The molecule has 0 aliphatic carbocycles. The number of fused-ring (bicyclic) bond motifs is 1. The van der Waals surface area contributed by atoms with Crippen molar-refractivity contribution < 1.29 is 4.74 Å². The van der Waals surface area contributed by atoms with Crippen LogP contribution >= 0.6 is 0 Å². The highest BCUT2D eigenvalue weighted by Gasteiger charge is 2.23. The molecule has 5 nitrogen and oxygen atoms in total. The smallest absolute Gasteiger partial charge is 0.143 e. The topological polar surface area (TPSA) is 66.0 Å². The molecule has 2 heterocycles. The van der Waals surface area contributed by atoms with Gasteiger partial charge in [0.15, 0.2) is 0 Å². The highest BCUT2D eigenvalue weighted by Crippen LogP contribution is 2.22. The fraction of sp³-hybridized carbons (Fsp3) is 0.300. The zero-order valence-corrected chi connectivity index (χ0v) is 16.7. The third-order valence-corrected chi connectivity index (χ3v) is 7.02. The third-order valence-electron chi connectivity index (χ3n) is 4.42. The summed E-state index contributed by atoms with van der Waals surface area (Å²) in [5.74, 6) is 6.20. The molecule has 1 aromatic carbocycles. The Hall–Kier alpha value is -2.62. The average Bonchev–Trinajstić information content (AvgIpc) is 2.95. The van der Waals surface area contributed by atoms with Crippen molar-refractivity contribution in [2.24, 2.45) is 0 Å². The maximum absolute atomic E-state index is 6.08. The molecule has 0 aliphatic rings. The first kappa shape index (κ1) is 18.2. The van der Waals surface area contributed by atoms with Crippen molar-refractivity contribution in [3.63, 3.8) is 0 Å². The number of nitrogen functional groups attached to an aromatic ring is 1. The molecule has 1 unspecified atom stereocenters. The molecule has 1 atom stereocenters. The van der Waals surface area contributed by atoms with Crippen LogP contribution in [-0.4, -0.2) is 28.6 Å². The van der Waals surface area contributed by atoms with Crippen LogP contribution in [0, 0.1) is 11.8 Å². The lowest BCUT2D eigenvalue weighted by Gasteiger charge is -2.25. The minimum absolute atomic E-state index is 0.228. The van der Waals surface area contributed by atoms with E-state index in [0.717, 1.165) is 10.9 Å². The van der Waals surface area contributed by atoms with Crippen LogP contribution < -0.4 is 5.73 Å². The molecule has 0 saturated carbocycles. The van der Waals surface area contributed by atoms with Crippen molar-refractivity contribution in [3.05, 3.63) is 54.0 Å². The molecule has 3 aromatic rings. The number of anilines is 1. The van der Waals surface area contributed by atoms with E-state index in [2.05, 4.69) is 48.5 Å². The summed E-state index contributed by atoms with van der Waals surface area (Å²) in [5.41, 5.74) is 9.24. The SMILES string of the molecule is CC(OCn1nc(C#Cc2ccccn2)c2ccc(N)cc21)[Si](C)(C)C. The Morgan fingerprint density at radius 1 is 1.19 bits per heavy atom. The maximum Gasteiger partial charge on any atom is 0.143 e. The molecule has 134 valence electrons. The van der Waals surface area contributed by atoms with E-state index in [1.54, 1.807) is 6.20 Å². The van der Waals surface area contributed by atoms with E-state index in [1.807, 2.05) is 41.1 Å². The molecule has 0 radical (unpaired) electrons. The van der Waals surface area contributed by atoms with Gasteiger partial charge in [-0.25, -0.2) is 9.67 Å². The number of nitrogens with two attached hydrogens (primary N) is 1. The molecule has 26 heavy (non-hydrogen) atoms. The predicted molar refractivity (Wildman–Crippen MR) is 108 cm³/mol. The quantitative estimate of drug-likeness (QED) is 0.436. The number of hydrogen-bond acceptors (Lipinski definition) is 4. The summed E-state index contributed by atoms with van der Waals surface area (Å²) in [6, 6.07) is 11.4. The van der Waals surface area contributed by atoms with Crippen LogP contribution in [0.2, 0.25) is 19.6 Å². The minimum Gasteiger partial charge on any atom is -0.399 e. The Morgan fingerprint density at radius 3 is 2.69 bits per heavy atom. The van der Waals surface area contributed by atoms with Gasteiger partial charge in [-0.1, -0.05) is 25.7 Å². The number of benzene rings is 1. The summed E-state index contributed by atoms with van der Waals surface area (Å²) in [6.07, 6.45) is 1.73. The Morgan fingerprint density at radius 2 is 2.00 bits per heavy atom. The Balaban J connectivity index is 1.94. The highest BCUT2D eigenvalue weighted by molar-refractivity contribution is 6.77. The van der Waals surface area contributed by atoms with E-state index in [1.165, 1.54) is 0 Å². The van der Waals surface area contributed by atoms with Crippen molar-refractivity contribution in [1.82, 2.24) is 14.8 Å². The zero-order valence-electron chi connectivity index (χ0n) is 15.7. The van der Waals surface area contributed by atoms with Gasteiger partial charge in [0, 0.05) is 23.0 Å². The van der Waals surface area contributed by atoms with Gasteiger partial charge < -0.3 is 10.5 Å². The summed E-state index contributed by atoms with van der Waals surface area (Å²) >= 11 is 0. The van der Waals surface area contributed by atoms with Gasteiger partial charge in [-0.05, 0) is 49.1 Å². The third kappa shape index (κ3) is 4.13. The highest BCUT2D eigenvalue weighted by atomic mass is 28.3. The second-order valence-electron chi connectivity index (χ2n) is 7.39. The summed E-state index contributed by atoms with van der Waals surface area (Å²) in [6.45, 7) is 9.40. The van der Waals surface area contributed by atoms with Crippen LogP contribution in [0.4, 0.5) is 5.69 Å². The molecular formula is C20H24N4OSi. The molecule has 2 aromatic heterocycles. The zero-order chi connectivity index (χ0) is 18.7. The Bertz CT molecular complexity index is 964. The summed E-state index contributed by atoms with van der Waals surface area (Å²) < 4.78 is 7.92. The van der Waals surface area contributed by atoms with E-state index < -0.39 is 8.07 Å². The molecule has 0 bridgehead atoms. The maximum atomic E-state index is 6.08. The van der Waals surface area contributed by atoms with E-state index in [0.29, 0.717) is 23.8 Å². The van der Waals surface area contributed by atoms with Crippen molar-refractivity contribution >= 4 is 24.7 Å². The molecule has 0 saturated heterocycles. The van der Waals surface area contributed by atoms with E-state index in [-0.39, 0.29) is 5.73 Å². The van der Waals surface area contributed by atoms with Crippen molar-refractivity contribution in [2.45, 2.75) is 39.0 Å². The molecule has 0 amide bonds. The van der Waals surface area contributed by atoms with Gasteiger partial charge in [0.05, 0.1) is 13.6 Å². The molecule has 2 N–H and O–H groups in total. The normalized spacial score (nSPS) is 12.6. The van der Waals surface area contributed by atoms with Gasteiger partial charge in [0.1, 0.15) is 18.1 Å². The van der Waals surface area contributed by atoms with E-state index in [9.17, 15) is 0 Å². The van der Waals surface area contributed by atoms with Crippen LogP contribution in [0.5, 0.6) is 0 Å². The van der Waals surface area contributed by atoms with Crippen molar-refractivity contribution in [3.8, 4) is 11.8 Å². The molecule has 0 fully saturated rings. The second-order valence-corrected chi connectivity index (χ2v) is 12.9. The van der Waals surface area contributed by atoms with Crippen LogP contribution in [0.15, 0.2) is 42.6 Å². The van der Waals surface area contributed by atoms with Gasteiger partial charge in [0.25, 0.3) is 0 Å². The van der Waals surface area contributed by atoms with E-state index >= 15 is 0 Å². The number of ether oxygens (including phenoxy) is 1. The number of nitrogens with zero attached hydrogens (tertiary/aromatic N) is 3. The lowest BCUT2D eigenvalue weighted by atomic mass is 10.2. The monoisotopic (exact) mass is 364 g/mol. The fourth-order valence-corrected chi connectivity index (χ4v) is 2.95. The van der Waals surface area contributed by atoms with Gasteiger partial charge in [0.2, 0.25) is 0 Å². The first-order valence-electron chi connectivity index (χ1n) is 8.65. The molecule has 0 aliphatic heterocycles. The lowest BCUT2D eigenvalue weighted by molar-refractivity contribution is 0.0517.